The second-order valence-corrected chi connectivity index (χ2v) is 9.13. The molecule has 1 aromatic heterocycles. The van der Waals surface area contributed by atoms with Crippen LogP contribution in [0.1, 0.15) is 34.1 Å². The highest BCUT2D eigenvalue weighted by Gasteiger charge is 2.31. The third-order valence-corrected chi connectivity index (χ3v) is 6.35. The highest BCUT2D eigenvalue weighted by Crippen LogP contribution is 2.34. The van der Waals surface area contributed by atoms with Gasteiger partial charge in [-0.3, -0.25) is 4.79 Å². The minimum Gasteiger partial charge on any atom is -0.452 e. The molecule has 26 heavy (non-hydrogen) atoms. The summed E-state index contributed by atoms with van der Waals surface area (Å²) in [7, 11) is -3.42. The van der Waals surface area contributed by atoms with Crippen LogP contribution in [-0.4, -0.2) is 44.6 Å². The van der Waals surface area contributed by atoms with Gasteiger partial charge in [-0.2, -0.15) is 0 Å². The predicted molar refractivity (Wildman–Crippen MR) is 97.8 cm³/mol. The molecule has 0 radical (unpaired) electrons. The lowest BCUT2D eigenvalue weighted by Crippen LogP contribution is -2.34. The summed E-state index contributed by atoms with van der Waals surface area (Å²) in [5.74, 6) is -0.954. The Morgan fingerprint density at radius 1 is 1.27 bits per heavy atom. The minimum atomic E-state index is -3.42. The molecule has 0 spiro atoms. The fourth-order valence-corrected chi connectivity index (χ4v) is 4.53. The van der Waals surface area contributed by atoms with E-state index in [-0.39, 0.29) is 29.0 Å². The second-order valence-electron chi connectivity index (χ2n) is 6.14. The van der Waals surface area contributed by atoms with Crippen LogP contribution in [0.2, 0.25) is 0 Å². The first-order chi connectivity index (χ1) is 12.4. The summed E-state index contributed by atoms with van der Waals surface area (Å²) in [5, 5.41) is 1.98. The van der Waals surface area contributed by atoms with E-state index < -0.39 is 15.8 Å². The van der Waals surface area contributed by atoms with Crippen LogP contribution in [0.25, 0.3) is 0 Å². The summed E-state index contributed by atoms with van der Waals surface area (Å²) in [6.45, 7) is 0.284. The second kappa shape index (κ2) is 7.59. The fourth-order valence-electron chi connectivity index (χ4n) is 2.99. The Hall–Kier alpha value is -2.19. The van der Waals surface area contributed by atoms with Crippen molar-refractivity contribution >= 4 is 33.1 Å². The standard InChI is InChI=1S/C18H19NO5S2/c1-26(22,23)14-6-2-5-13(11-14)18(21)24-12-17(20)19-9-3-7-15(19)16-8-4-10-25-16/h2,4-6,8,10-11,15H,3,7,9,12H2,1H3. The van der Waals surface area contributed by atoms with E-state index in [0.717, 1.165) is 24.0 Å². The normalized spacial score (nSPS) is 17.3. The van der Waals surface area contributed by atoms with Gasteiger partial charge in [-0.15, -0.1) is 11.3 Å². The monoisotopic (exact) mass is 393 g/mol. The summed E-state index contributed by atoms with van der Waals surface area (Å²) in [6.07, 6.45) is 2.88. The number of hydrogen-bond donors (Lipinski definition) is 0. The summed E-state index contributed by atoms with van der Waals surface area (Å²) in [6, 6.07) is 9.60. The molecule has 0 bridgehead atoms. The molecule has 8 heteroatoms. The molecule has 3 rings (SSSR count). The molecule has 1 aromatic carbocycles. The van der Waals surface area contributed by atoms with E-state index in [9.17, 15) is 18.0 Å². The smallest absolute Gasteiger partial charge is 0.338 e. The maximum absolute atomic E-state index is 12.5. The molecule has 1 aliphatic rings. The van der Waals surface area contributed by atoms with Crippen molar-refractivity contribution in [2.45, 2.75) is 23.8 Å². The maximum Gasteiger partial charge on any atom is 0.338 e. The van der Waals surface area contributed by atoms with Gasteiger partial charge in [0.15, 0.2) is 16.4 Å². The van der Waals surface area contributed by atoms with Crippen molar-refractivity contribution in [2.24, 2.45) is 0 Å². The van der Waals surface area contributed by atoms with Crippen LogP contribution in [0, 0.1) is 0 Å². The van der Waals surface area contributed by atoms with Gasteiger partial charge in [0, 0.05) is 17.7 Å². The quantitative estimate of drug-likeness (QED) is 0.730. The molecule has 1 amide bonds. The van der Waals surface area contributed by atoms with Gasteiger partial charge in [0.25, 0.3) is 5.91 Å². The van der Waals surface area contributed by atoms with E-state index in [4.69, 9.17) is 4.74 Å². The molecule has 0 aliphatic carbocycles. The number of ether oxygens (including phenoxy) is 1. The average molecular weight is 393 g/mol. The zero-order valence-electron chi connectivity index (χ0n) is 14.3. The number of benzene rings is 1. The lowest BCUT2D eigenvalue weighted by molar-refractivity contribution is -0.135. The SMILES string of the molecule is CS(=O)(=O)c1cccc(C(=O)OCC(=O)N2CCCC2c2cccs2)c1. The number of rotatable bonds is 5. The molecule has 1 unspecified atom stereocenters. The average Bonchev–Trinajstić information content (AvgIpc) is 3.29. The van der Waals surface area contributed by atoms with E-state index in [0.29, 0.717) is 6.54 Å². The predicted octanol–water partition coefficient (Wildman–Crippen LogP) is 2.67. The first kappa shape index (κ1) is 18.6. The third-order valence-electron chi connectivity index (χ3n) is 4.27. The van der Waals surface area contributed by atoms with Crippen LogP contribution in [-0.2, 0) is 19.4 Å². The van der Waals surface area contributed by atoms with Crippen LogP contribution < -0.4 is 0 Å². The van der Waals surface area contributed by atoms with Crippen LogP contribution in [0.5, 0.6) is 0 Å². The third kappa shape index (κ3) is 4.13. The Morgan fingerprint density at radius 3 is 2.77 bits per heavy atom. The molecule has 2 aromatic rings. The van der Waals surface area contributed by atoms with Gasteiger partial charge >= 0.3 is 5.97 Å². The highest BCUT2D eigenvalue weighted by molar-refractivity contribution is 7.90. The van der Waals surface area contributed by atoms with Crippen molar-refractivity contribution in [1.29, 1.82) is 0 Å². The van der Waals surface area contributed by atoms with Gasteiger partial charge < -0.3 is 9.64 Å². The number of carbonyl (C=O) groups excluding carboxylic acids is 2. The van der Waals surface area contributed by atoms with Gasteiger partial charge in [-0.1, -0.05) is 12.1 Å². The first-order valence-corrected chi connectivity index (χ1v) is 10.9. The number of esters is 1. The molecule has 1 fully saturated rings. The number of carbonyl (C=O) groups is 2. The molecule has 1 atom stereocenters. The van der Waals surface area contributed by atoms with Gasteiger partial charge in [-0.25, -0.2) is 13.2 Å². The topological polar surface area (TPSA) is 80.7 Å². The van der Waals surface area contributed by atoms with Crippen molar-refractivity contribution in [3.05, 3.63) is 52.2 Å². The summed E-state index contributed by atoms with van der Waals surface area (Å²) >= 11 is 1.61. The Bertz CT molecular complexity index is 905. The van der Waals surface area contributed by atoms with Gasteiger partial charge in [0.2, 0.25) is 0 Å². The molecular weight excluding hydrogens is 374 g/mol. The van der Waals surface area contributed by atoms with E-state index in [1.54, 1.807) is 16.2 Å². The number of amides is 1. The molecule has 0 N–H and O–H groups in total. The Morgan fingerprint density at radius 2 is 2.08 bits per heavy atom. The summed E-state index contributed by atoms with van der Waals surface area (Å²) < 4.78 is 28.3. The van der Waals surface area contributed by atoms with Crippen LogP contribution in [0.3, 0.4) is 0 Å². The number of nitrogens with zero attached hydrogens (tertiary/aromatic N) is 1. The van der Waals surface area contributed by atoms with E-state index >= 15 is 0 Å². The first-order valence-electron chi connectivity index (χ1n) is 8.16. The number of hydrogen-bond acceptors (Lipinski definition) is 6. The number of thiophene rings is 1. The zero-order chi connectivity index (χ0) is 18.7. The zero-order valence-corrected chi connectivity index (χ0v) is 15.9. The Kier molecular flexibility index (Phi) is 5.43. The van der Waals surface area contributed by atoms with Crippen LogP contribution in [0.15, 0.2) is 46.7 Å². The lowest BCUT2D eigenvalue weighted by Gasteiger charge is -2.23. The van der Waals surface area contributed by atoms with Gasteiger partial charge in [0.1, 0.15) is 0 Å². The van der Waals surface area contributed by atoms with Crippen molar-refractivity contribution in [2.75, 3.05) is 19.4 Å². The van der Waals surface area contributed by atoms with Gasteiger partial charge in [0.05, 0.1) is 16.5 Å². The number of sulfone groups is 1. The molecule has 138 valence electrons. The Balaban J connectivity index is 1.63. The molecule has 0 saturated carbocycles. The summed E-state index contributed by atoms with van der Waals surface area (Å²) in [5.41, 5.74) is 0.108. The molecule has 1 aliphatic heterocycles. The fraction of sp³-hybridized carbons (Fsp3) is 0.333. The molecule has 1 saturated heterocycles. The number of likely N-dealkylation sites (tertiary alicyclic amines) is 1. The maximum atomic E-state index is 12.5. The van der Waals surface area contributed by atoms with E-state index in [1.807, 2.05) is 17.5 Å². The molecule has 2 heterocycles. The molecular formula is C18H19NO5S2. The van der Waals surface area contributed by atoms with Crippen LogP contribution in [0.4, 0.5) is 0 Å². The van der Waals surface area contributed by atoms with Crippen LogP contribution >= 0.6 is 11.3 Å². The minimum absolute atomic E-state index is 0.0368. The van der Waals surface area contributed by atoms with Crippen molar-refractivity contribution in [3.8, 4) is 0 Å². The van der Waals surface area contributed by atoms with E-state index in [2.05, 4.69) is 0 Å². The summed E-state index contributed by atoms with van der Waals surface area (Å²) in [4.78, 5) is 27.5. The van der Waals surface area contributed by atoms with Crippen molar-refractivity contribution in [1.82, 2.24) is 4.90 Å². The molecule has 6 nitrogen and oxygen atoms in total. The van der Waals surface area contributed by atoms with Crippen molar-refractivity contribution in [3.63, 3.8) is 0 Å². The largest absolute Gasteiger partial charge is 0.452 e. The van der Waals surface area contributed by atoms with Gasteiger partial charge in [-0.05, 0) is 42.5 Å². The lowest BCUT2D eigenvalue weighted by atomic mass is 10.2. The highest BCUT2D eigenvalue weighted by atomic mass is 32.2. The van der Waals surface area contributed by atoms with E-state index in [1.165, 1.54) is 24.3 Å². The Labute approximate surface area is 156 Å². The van der Waals surface area contributed by atoms with Crippen molar-refractivity contribution < 1.29 is 22.7 Å².